The van der Waals surface area contributed by atoms with E-state index in [-0.39, 0.29) is 5.91 Å². The van der Waals surface area contributed by atoms with E-state index in [0.717, 1.165) is 35.6 Å². The van der Waals surface area contributed by atoms with Gasteiger partial charge in [-0.1, -0.05) is 37.3 Å². The summed E-state index contributed by atoms with van der Waals surface area (Å²) in [6, 6.07) is 9.28. The first-order valence-electron chi connectivity index (χ1n) is 8.71. The van der Waals surface area contributed by atoms with E-state index in [2.05, 4.69) is 32.9 Å². The van der Waals surface area contributed by atoms with Crippen LogP contribution in [0.5, 0.6) is 0 Å². The Kier molecular flexibility index (Phi) is 5.40. The van der Waals surface area contributed by atoms with Crippen molar-refractivity contribution in [3.8, 4) is 0 Å². The van der Waals surface area contributed by atoms with Crippen LogP contribution in [0.4, 0.5) is 5.69 Å². The Bertz CT molecular complexity index is 855. The largest absolute Gasteiger partial charge is 0.321 e. The van der Waals surface area contributed by atoms with Crippen LogP contribution in [-0.2, 0) is 17.8 Å². The van der Waals surface area contributed by atoms with Gasteiger partial charge in [-0.15, -0.1) is 5.10 Å². The number of nitrogens with one attached hydrogen (secondary N) is 1. The lowest BCUT2D eigenvalue weighted by Crippen LogP contribution is -2.28. The van der Waals surface area contributed by atoms with Crippen LogP contribution in [0.25, 0.3) is 0 Å². The second-order valence-electron chi connectivity index (χ2n) is 6.25. The van der Waals surface area contributed by atoms with Gasteiger partial charge in [-0.3, -0.25) is 9.48 Å². The molecule has 1 atom stereocenters. The van der Waals surface area contributed by atoms with Gasteiger partial charge < -0.3 is 5.32 Å². The number of anilines is 1. The number of benzene rings is 1. The molecule has 1 amide bonds. The molecule has 2 heterocycles. The second-order valence-corrected chi connectivity index (χ2v) is 6.25. The number of aromatic nitrogens is 6. The Balaban J connectivity index is 1.85. The summed E-state index contributed by atoms with van der Waals surface area (Å²) in [6.45, 7) is 6.79. The van der Waals surface area contributed by atoms with E-state index >= 15 is 0 Å². The first-order chi connectivity index (χ1) is 12.6. The van der Waals surface area contributed by atoms with E-state index in [9.17, 15) is 4.79 Å². The highest BCUT2D eigenvalue weighted by Gasteiger charge is 2.24. The van der Waals surface area contributed by atoms with Crippen molar-refractivity contribution in [2.75, 3.05) is 5.32 Å². The van der Waals surface area contributed by atoms with Crippen LogP contribution in [0.3, 0.4) is 0 Å². The minimum Gasteiger partial charge on any atom is -0.321 e. The number of carbonyl (C=O) groups is 1. The molecule has 0 bridgehead atoms. The van der Waals surface area contributed by atoms with E-state index < -0.39 is 6.04 Å². The highest BCUT2D eigenvalue weighted by molar-refractivity contribution is 5.94. The lowest BCUT2D eigenvalue weighted by Gasteiger charge is -2.16. The smallest absolute Gasteiger partial charge is 0.249 e. The average molecular weight is 353 g/mol. The zero-order valence-electron chi connectivity index (χ0n) is 15.3. The molecule has 0 saturated heterocycles. The third-order valence-electron chi connectivity index (χ3n) is 4.32. The van der Waals surface area contributed by atoms with Crippen molar-refractivity contribution in [1.29, 1.82) is 0 Å². The quantitative estimate of drug-likeness (QED) is 0.704. The second kappa shape index (κ2) is 7.90. The van der Waals surface area contributed by atoms with Gasteiger partial charge in [0.05, 0.1) is 17.1 Å². The maximum Gasteiger partial charge on any atom is 0.249 e. The lowest BCUT2D eigenvalue weighted by molar-refractivity contribution is -0.119. The molecule has 0 saturated carbocycles. The fourth-order valence-corrected chi connectivity index (χ4v) is 2.97. The molecule has 3 rings (SSSR count). The molecule has 0 aliphatic heterocycles. The molecule has 1 N–H and O–H groups in total. The van der Waals surface area contributed by atoms with Crippen molar-refractivity contribution in [1.82, 2.24) is 30.0 Å². The average Bonchev–Trinajstić information content (AvgIpc) is 3.25. The van der Waals surface area contributed by atoms with Gasteiger partial charge in [-0.2, -0.15) is 5.10 Å². The molecule has 136 valence electrons. The van der Waals surface area contributed by atoms with Crippen molar-refractivity contribution in [3.05, 3.63) is 53.6 Å². The molecule has 0 aliphatic carbocycles. The number of hydrogen-bond donors (Lipinski definition) is 1. The number of amides is 1. The summed E-state index contributed by atoms with van der Waals surface area (Å²) in [7, 11) is 0. The summed E-state index contributed by atoms with van der Waals surface area (Å²) in [6.07, 6.45) is 2.95. The van der Waals surface area contributed by atoms with Crippen LogP contribution in [0.15, 0.2) is 36.7 Å². The van der Waals surface area contributed by atoms with Crippen LogP contribution >= 0.6 is 0 Å². The fraction of sp³-hybridized carbons (Fsp3) is 0.389. The van der Waals surface area contributed by atoms with E-state index in [1.165, 1.54) is 11.0 Å². The van der Waals surface area contributed by atoms with Gasteiger partial charge in [0.25, 0.3) is 0 Å². The van der Waals surface area contributed by atoms with Crippen molar-refractivity contribution in [3.63, 3.8) is 0 Å². The Morgan fingerprint density at radius 2 is 2.00 bits per heavy atom. The Hall–Kier alpha value is -3.03. The highest BCUT2D eigenvalue weighted by atomic mass is 16.2. The Morgan fingerprint density at radius 1 is 1.23 bits per heavy atom. The third-order valence-corrected chi connectivity index (χ3v) is 4.32. The molecule has 0 radical (unpaired) electrons. The van der Waals surface area contributed by atoms with Gasteiger partial charge in [0.2, 0.25) is 5.91 Å². The molecule has 26 heavy (non-hydrogen) atoms. The van der Waals surface area contributed by atoms with E-state index in [1.807, 2.05) is 48.9 Å². The summed E-state index contributed by atoms with van der Waals surface area (Å²) in [5.41, 5.74) is 3.56. The monoisotopic (exact) mass is 353 g/mol. The van der Waals surface area contributed by atoms with Crippen LogP contribution in [0, 0.1) is 13.8 Å². The summed E-state index contributed by atoms with van der Waals surface area (Å²) in [5, 5.41) is 18.8. The molecule has 8 nitrogen and oxygen atoms in total. The van der Waals surface area contributed by atoms with Crippen LogP contribution in [0.1, 0.15) is 36.3 Å². The summed E-state index contributed by atoms with van der Waals surface area (Å²) in [4.78, 5) is 13.0. The minimum atomic E-state index is -0.541. The summed E-state index contributed by atoms with van der Waals surface area (Å²) in [5.74, 6) is -0.164. The molecular formula is C18H23N7O. The van der Waals surface area contributed by atoms with Gasteiger partial charge in [-0.25, -0.2) is 4.68 Å². The van der Waals surface area contributed by atoms with Crippen molar-refractivity contribution in [2.24, 2.45) is 0 Å². The summed E-state index contributed by atoms with van der Waals surface area (Å²) < 4.78 is 3.41. The Labute approximate surface area is 152 Å². The van der Waals surface area contributed by atoms with Crippen molar-refractivity contribution >= 4 is 11.6 Å². The predicted octanol–water partition coefficient (Wildman–Crippen LogP) is 2.32. The molecule has 0 fully saturated rings. The van der Waals surface area contributed by atoms with E-state index in [4.69, 9.17) is 0 Å². The number of rotatable bonds is 7. The molecule has 0 spiro atoms. The SMILES string of the molecule is CCCn1nc(C)c(NC(=O)C(Cc2ccccc2)n2cnnn2)c1C. The zero-order chi connectivity index (χ0) is 18.5. The van der Waals surface area contributed by atoms with Gasteiger partial charge >= 0.3 is 0 Å². The maximum absolute atomic E-state index is 13.0. The highest BCUT2D eigenvalue weighted by Crippen LogP contribution is 2.22. The first-order valence-corrected chi connectivity index (χ1v) is 8.71. The topological polar surface area (TPSA) is 90.5 Å². The lowest BCUT2D eigenvalue weighted by atomic mass is 10.1. The predicted molar refractivity (Wildman–Crippen MR) is 97.6 cm³/mol. The van der Waals surface area contributed by atoms with Crippen LogP contribution in [0.2, 0.25) is 0 Å². The number of tetrazole rings is 1. The minimum absolute atomic E-state index is 0.164. The summed E-state index contributed by atoms with van der Waals surface area (Å²) >= 11 is 0. The van der Waals surface area contributed by atoms with Gasteiger partial charge in [0.15, 0.2) is 0 Å². The standard InChI is InChI=1S/C18H23N7O/c1-4-10-24-14(3)17(13(2)21-24)20-18(26)16(25-12-19-22-23-25)11-15-8-6-5-7-9-15/h5-9,12,16H,4,10-11H2,1-3H3,(H,20,26). The van der Waals surface area contributed by atoms with Crippen molar-refractivity contribution in [2.45, 2.75) is 46.2 Å². The number of aryl methyl sites for hydroxylation is 2. The van der Waals surface area contributed by atoms with Crippen molar-refractivity contribution < 1.29 is 4.79 Å². The normalized spacial score (nSPS) is 12.1. The van der Waals surface area contributed by atoms with Crippen LogP contribution < -0.4 is 5.32 Å². The fourth-order valence-electron chi connectivity index (χ4n) is 2.97. The molecular weight excluding hydrogens is 330 g/mol. The van der Waals surface area contributed by atoms with Crippen LogP contribution in [-0.4, -0.2) is 35.9 Å². The Morgan fingerprint density at radius 3 is 2.65 bits per heavy atom. The van der Waals surface area contributed by atoms with Gasteiger partial charge in [-0.05, 0) is 36.3 Å². The third kappa shape index (κ3) is 3.79. The van der Waals surface area contributed by atoms with E-state index in [0.29, 0.717) is 6.42 Å². The van der Waals surface area contributed by atoms with Gasteiger partial charge in [0, 0.05) is 13.0 Å². The molecule has 3 aromatic rings. The molecule has 1 aromatic carbocycles. The number of hydrogen-bond acceptors (Lipinski definition) is 5. The zero-order valence-corrected chi connectivity index (χ0v) is 15.3. The molecule has 0 aliphatic rings. The van der Waals surface area contributed by atoms with E-state index in [1.54, 1.807) is 0 Å². The number of nitrogens with zero attached hydrogens (tertiary/aromatic N) is 6. The molecule has 1 unspecified atom stereocenters. The first kappa shape index (κ1) is 17.8. The molecule has 8 heteroatoms. The van der Waals surface area contributed by atoms with Gasteiger partial charge in [0.1, 0.15) is 12.4 Å². The number of carbonyl (C=O) groups excluding carboxylic acids is 1. The maximum atomic E-state index is 13.0. The molecule has 2 aromatic heterocycles.